The number of ether oxygens (including phenoxy) is 1. The van der Waals surface area contributed by atoms with Crippen molar-refractivity contribution in [2.75, 3.05) is 27.2 Å². The first-order chi connectivity index (χ1) is 8.20. The van der Waals surface area contributed by atoms with Crippen LogP contribution >= 0.6 is 11.6 Å². The van der Waals surface area contributed by atoms with Crippen molar-refractivity contribution < 1.29 is 4.74 Å². The lowest BCUT2D eigenvalue weighted by atomic mass is 10.2. The molecule has 2 rings (SSSR count). The van der Waals surface area contributed by atoms with Gasteiger partial charge >= 0.3 is 0 Å². The lowest BCUT2D eigenvalue weighted by Crippen LogP contribution is -2.35. The number of hydrogen-bond acceptors (Lipinski definition) is 4. The van der Waals surface area contributed by atoms with E-state index in [9.17, 15) is 0 Å². The molecular weight excluding hydrogens is 238 g/mol. The highest BCUT2D eigenvalue weighted by Crippen LogP contribution is 2.24. The zero-order valence-electron chi connectivity index (χ0n) is 10.0. The van der Waals surface area contributed by atoms with Crippen molar-refractivity contribution in [3.05, 3.63) is 28.8 Å². The fraction of sp³-hybridized carbons (Fsp3) is 0.417. The molecule has 0 aromatic heterocycles. The minimum absolute atomic E-state index is 0.633. The molecule has 0 saturated carbocycles. The number of hydrogen-bond donors (Lipinski definition) is 1. The third-order valence-corrected chi connectivity index (χ3v) is 3.02. The second-order valence-corrected chi connectivity index (χ2v) is 4.36. The maximum atomic E-state index is 6.06. The summed E-state index contributed by atoms with van der Waals surface area (Å²) in [5.74, 6) is 1.64. The molecule has 0 spiro atoms. The van der Waals surface area contributed by atoms with E-state index in [4.69, 9.17) is 16.3 Å². The van der Waals surface area contributed by atoms with Gasteiger partial charge in [-0.1, -0.05) is 17.7 Å². The Hall–Kier alpha value is -1.42. The van der Waals surface area contributed by atoms with Gasteiger partial charge in [-0.3, -0.25) is 4.99 Å². The quantitative estimate of drug-likeness (QED) is 0.892. The van der Waals surface area contributed by atoms with Crippen LogP contribution in [-0.4, -0.2) is 38.1 Å². The molecule has 1 aromatic carbocycles. The Bertz CT molecular complexity index is 434. The van der Waals surface area contributed by atoms with Gasteiger partial charge < -0.3 is 15.0 Å². The average Bonchev–Trinajstić information content (AvgIpc) is 2.72. The summed E-state index contributed by atoms with van der Waals surface area (Å²) in [5, 5.41) is 3.92. The number of rotatable bonds is 3. The van der Waals surface area contributed by atoms with Crippen LogP contribution in [-0.2, 0) is 6.54 Å². The molecule has 0 saturated heterocycles. The summed E-state index contributed by atoms with van der Waals surface area (Å²) in [5.41, 5.74) is 1.11. The predicted octanol–water partition coefficient (Wildman–Crippen LogP) is 1.74. The van der Waals surface area contributed by atoms with Crippen molar-refractivity contribution in [3.8, 4) is 5.75 Å². The van der Waals surface area contributed by atoms with Crippen molar-refractivity contribution >= 4 is 17.6 Å². The number of halogens is 1. The first-order valence-electron chi connectivity index (χ1n) is 5.52. The number of methoxy groups -OCH3 is 1. The highest BCUT2D eigenvalue weighted by atomic mass is 35.5. The van der Waals surface area contributed by atoms with E-state index in [1.165, 1.54) is 0 Å². The van der Waals surface area contributed by atoms with Crippen LogP contribution in [0.3, 0.4) is 0 Å². The second-order valence-electron chi connectivity index (χ2n) is 3.95. The van der Waals surface area contributed by atoms with E-state index < -0.39 is 0 Å². The Morgan fingerprint density at radius 2 is 2.35 bits per heavy atom. The highest BCUT2D eigenvalue weighted by molar-refractivity contribution is 6.32. The Balaban J connectivity index is 1.97. The van der Waals surface area contributed by atoms with E-state index in [2.05, 4.69) is 15.2 Å². The molecule has 1 aromatic rings. The standard InChI is InChI=1S/C12H16ClN3O/c1-16-6-5-14-12(16)15-8-9-3-4-11(17-2)10(13)7-9/h3-4,7H,5-6,8H2,1-2H3,(H,14,15). The molecule has 0 fully saturated rings. The molecule has 92 valence electrons. The zero-order valence-corrected chi connectivity index (χ0v) is 10.8. The normalized spacial score (nSPS) is 14.8. The summed E-state index contributed by atoms with van der Waals surface area (Å²) in [7, 11) is 3.64. The van der Waals surface area contributed by atoms with Gasteiger partial charge in [0, 0.05) is 20.1 Å². The van der Waals surface area contributed by atoms with Crippen LogP contribution in [0.4, 0.5) is 0 Å². The monoisotopic (exact) mass is 253 g/mol. The van der Waals surface area contributed by atoms with Crippen molar-refractivity contribution in [3.63, 3.8) is 0 Å². The molecule has 17 heavy (non-hydrogen) atoms. The fourth-order valence-electron chi connectivity index (χ4n) is 1.72. The number of aliphatic imine (C=N–C) groups is 1. The van der Waals surface area contributed by atoms with Gasteiger partial charge in [-0.15, -0.1) is 0 Å². The number of guanidine groups is 1. The van der Waals surface area contributed by atoms with E-state index >= 15 is 0 Å². The molecule has 0 unspecified atom stereocenters. The molecule has 0 amide bonds. The van der Waals surface area contributed by atoms with Gasteiger partial charge in [-0.25, -0.2) is 0 Å². The third-order valence-electron chi connectivity index (χ3n) is 2.73. The van der Waals surface area contributed by atoms with Crippen LogP contribution in [0.1, 0.15) is 5.56 Å². The second kappa shape index (κ2) is 5.27. The topological polar surface area (TPSA) is 36.9 Å². The molecule has 0 atom stereocenters. The highest BCUT2D eigenvalue weighted by Gasteiger charge is 2.11. The predicted molar refractivity (Wildman–Crippen MR) is 69.8 cm³/mol. The van der Waals surface area contributed by atoms with Gasteiger partial charge in [0.15, 0.2) is 5.96 Å². The van der Waals surface area contributed by atoms with Gasteiger partial charge in [-0.05, 0) is 17.7 Å². The number of nitrogens with zero attached hydrogens (tertiary/aromatic N) is 2. The molecule has 5 heteroatoms. The van der Waals surface area contributed by atoms with Crippen molar-refractivity contribution in [1.29, 1.82) is 0 Å². The lowest BCUT2D eigenvalue weighted by molar-refractivity contribution is 0.415. The Morgan fingerprint density at radius 3 is 2.94 bits per heavy atom. The van der Waals surface area contributed by atoms with Crippen LogP contribution < -0.4 is 10.1 Å². The number of nitrogens with one attached hydrogen (secondary N) is 1. The van der Waals surface area contributed by atoms with E-state index in [0.717, 1.165) is 24.6 Å². The molecule has 4 nitrogen and oxygen atoms in total. The van der Waals surface area contributed by atoms with Crippen LogP contribution in [0.5, 0.6) is 5.75 Å². The van der Waals surface area contributed by atoms with Crippen molar-refractivity contribution in [2.24, 2.45) is 4.99 Å². The molecular formula is C12H16ClN3O. The van der Waals surface area contributed by atoms with E-state index in [-0.39, 0.29) is 0 Å². The van der Waals surface area contributed by atoms with Crippen molar-refractivity contribution in [2.45, 2.75) is 6.54 Å². The van der Waals surface area contributed by atoms with Gasteiger partial charge in [-0.2, -0.15) is 0 Å². The number of likely N-dealkylation sites (N-methyl/N-ethyl adjacent to an activating group) is 1. The summed E-state index contributed by atoms with van der Waals surface area (Å²) >= 11 is 6.06. The van der Waals surface area contributed by atoms with E-state index in [1.807, 2.05) is 25.2 Å². The molecule has 1 heterocycles. The smallest absolute Gasteiger partial charge is 0.194 e. The van der Waals surface area contributed by atoms with Crippen LogP contribution in [0.25, 0.3) is 0 Å². The maximum Gasteiger partial charge on any atom is 0.194 e. The van der Waals surface area contributed by atoms with E-state index in [1.54, 1.807) is 7.11 Å². The third kappa shape index (κ3) is 2.82. The SMILES string of the molecule is COc1ccc(CNC2=NCCN2C)cc1Cl. The molecule has 0 radical (unpaired) electrons. The van der Waals surface area contributed by atoms with Gasteiger partial charge in [0.2, 0.25) is 0 Å². The summed E-state index contributed by atoms with van der Waals surface area (Å²) in [6.45, 7) is 2.56. The Morgan fingerprint density at radius 1 is 1.53 bits per heavy atom. The lowest BCUT2D eigenvalue weighted by Gasteiger charge is -2.15. The summed E-state index contributed by atoms with van der Waals surface area (Å²) < 4.78 is 5.11. The minimum atomic E-state index is 0.633. The first-order valence-corrected chi connectivity index (χ1v) is 5.90. The molecule has 0 aliphatic carbocycles. The van der Waals surface area contributed by atoms with Gasteiger partial charge in [0.25, 0.3) is 0 Å². The maximum absolute atomic E-state index is 6.06. The summed E-state index contributed by atoms with van der Waals surface area (Å²) in [4.78, 5) is 6.46. The van der Waals surface area contributed by atoms with Gasteiger partial charge in [0.05, 0.1) is 18.7 Å². The molecule has 1 N–H and O–H groups in total. The Labute approximate surface area is 106 Å². The zero-order chi connectivity index (χ0) is 12.3. The van der Waals surface area contributed by atoms with Crippen molar-refractivity contribution in [1.82, 2.24) is 10.2 Å². The fourth-order valence-corrected chi connectivity index (χ4v) is 2.00. The minimum Gasteiger partial charge on any atom is -0.495 e. The van der Waals surface area contributed by atoms with Crippen LogP contribution in [0.2, 0.25) is 5.02 Å². The largest absolute Gasteiger partial charge is 0.495 e. The first kappa shape index (κ1) is 12.0. The molecule has 1 aliphatic heterocycles. The number of benzene rings is 1. The van der Waals surface area contributed by atoms with Crippen LogP contribution in [0, 0.1) is 0 Å². The van der Waals surface area contributed by atoms with E-state index in [0.29, 0.717) is 17.3 Å². The van der Waals surface area contributed by atoms with Crippen LogP contribution in [0.15, 0.2) is 23.2 Å². The molecule has 1 aliphatic rings. The summed E-state index contributed by atoms with van der Waals surface area (Å²) in [6, 6.07) is 5.77. The van der Waals surface area contributed by atoms with Gasteiger partial charge in [0.1, 0.15) is 5.75 Å². The average molecular weight is 254 g/mol. The molecule has 0 bridgehead atoms. The Kier molecular flexibility index (Phi) is 3.74. The summed E-state index contributed by atoms with van der Waals surface area (Å²) in [6.07, 6.45) is 0.